The topological polar surface area (TPSA) is 61.9 Å². The molecule has 2 amide bonds. The Balaban J connectivity index is 1.53. The zero-order valence-corrected chi connectivity index (χ0v) is 22.9. The van der Waals surface area contributed by atoms with E-state index in [1.54, 1.807) is 11.8 Å². The SMILES string of the molecule is CN(C(=O)C(CSCC1CCCCC1)NC(=O)OC(C)(C)C)C1CCN(Cc2ccccc2)CC1. The predicted molar refractivity (Wildman–Crippen MR) is 145 cm³/mol. The minimum atomic E-state index is -0.593. The summed E-state index contributed by atoms with van der Waals surface area (Å²) in [5.41, 5.74) is 0.733. The second kappa shape index (κ2) is 13.5. The molecule has 1 aliphatic heterocycles. The molecule has 2 fully saturated rings. The number of likely N-dealkylation sites (N-methyl/N-ethyl adjacent to an activating group) is 1. The van der Waals surface area contributed by atoms with Gasteiger partial charge in [-0.1, -0.05) is 49.6 Å². The summed E-state index contributed by atoms with van der Waals surface area (Å²) in [6.07, 6.45) is 7.93. The van der Waals surface area contributed by atoms with Gasteiger partial charge in [-0.2, -0.15) is 11.8 Å². The first kappa shape index (κ1) is 27.9. The Labute approximate surface area is 216 Å². The molecule has 2 aliphatic rings. The zero-order valence-electron chi connectivity index (χ0n) is 22.1. The summed E-state index contributed by atoms with van der Waals surface area (Å²) in [6.45, 7) is 8.42. The normalized spacial score (nSPS) is 19.2. The summed E-state index contributed by atoms with van der Waals surface area (Å²) in [5.74, 6) is 2.37. The van der Waals surface area contributed by atoms with Gasteiger partial charge in [-0.15, -0.1) is 0 Å². The van der Waals surface area contributed by atoms with Crippen molar-refractivity contribution >= 4 is 23.8 Å². The van der Waals surface area contributed by atoms with E-state index in [1.165, 1.54) is 37.7 Å². The number of carbonyl (C=O) groups is 2. The standard InChI is InChI=1S/C28H45N3O3S/c1-28(2,3)34-27(33)29-25(21-35-20-23-13-9-6-10-14-23)26(32)30(4)24-15-17-31(18-16-24)19-22-11-7-5-8-12-22/h5,7-8,11-12,23-25H,6,9-10,13-21H2,1-4H3,(H,29,33). The number of nitrogens with zero attached hydrogens (tertiary/aromatic N) is 2. The molecule has 1 N–H and O–H groups in total. The number of hydrogen-bond donors (Lipinski definition) is 1. The Kier molecular flexibility index (Phi) is 10.8. The van der Waals surface area contributed by atoms with Gasteiger partial charge in [-0.05, 0) is 63.7 Å². The predicted octanol–water partition coefficient (Wildman–Crippen LogP) is 5.32. The average Bonchev–Trinajstić information content (AvgIpc) is 2.83. The molecule has 0 aromatic heterocycles. The largest absolute Gasteiger partial charge is 0.444 e. The molecule has 6 nitrogen and oxygen atoms in total. The van der Waals surface area contributed by atoms with Crippen molar-refractivity contribution in [3.8, 4) is 0 Å². The maximum atomic E-state index is 13.5. The minimum absolute atomic E-state index is 0.00601. The van der Waals surface area contributed by atoms with Crippen molar-refractivity contribution in [2.24, 2.45) is 5.92 Å². The fourth-order valence-corrected chi connectivity index (χ4v) is 6.33. The molecule has 0 spiro atoms. The third-order valence-electron chi connectivity index (χ3n) is 7.05. The third kappa shape index (κ3) is 9.68. The number of ether oxygens (including phenoxy) is 1. The highest BCUT2D eigenvalue weighted by Crippen LogP contribution is 2.27. The van der Waals surface area contributed by atoms with E-state index in [0.717, 1.165) is 44.1 Å². The van der Waals surface area contributed by atoms with Crippen molar-refractivity contribution in [3.05, 3.63) is 35.9 Å². The van der Waals surface area contributed by atoms with Crippen LogP contribution in [0.4, 0.5) is 4.79 Å². The van der Waals surface area contributed by atoms with E-state index in [2.05, 4.69) is 34.5 Å². The van der Waals surface area contributed by atoms with Crippen molar-refractivity contribution < 1.29 is 14.3 Å². The van der Waals surface area contributed by atoms with Crippen LogP contribution in [-0.4, -0.2) is 71.1 Å². The van der Waals surface area contributed by atoms with Gasteiger partial charge in [0, 0.05) is 38.5 Å². The molecule has 7 heteroatoms. The molecular formula is C28H45N3O3S. The summed E-state index contributed by atoms with van der Waals surface area (Å²) in [6, 6.07) is 10.2. The molecule has 0 bridgehead atoms. The van der Waals surface area contributed by atoms with Crippen LogP contribution in [0.15, 0.2) is 30.3 Å². The Bertz CT molecular complexity index is 784. The zero-order chi connectivity index (χ0) is 25.3. The molecule has 35 heavy (non-hydrogen) atoms. The van der Waals surface area contributed by atoms with Gasteiger partial charge in [0.25, 0.3) is 0 Å². The van der Waals surface area contributed by atoms with Crippen LogP contribution in [0.1, 0.15) is 71.3 Å². The Hall–Kier alpha value is -1.73. The van der Waals surface area contributed by atoms with Crippen LogP contribution in [0.5, 0.6) is 0 Å². The van der Waals surface area contributed by atoms with Gasteiger partial charge in [0.05, 0.1) is 0 Å². The van der Waals surface area contributed by atoms with Crippen molar-refractivity contribution in [2.75, 3.05) is 31.6 Å². The van der Waals surface area contributed by atoms with Crippen molar-refractivity contribution in [3.63, 3.8) is 0 Å². The van der Waals surface area contributed by atoms with Gasteiger partial charge < -0.3 is 15.0 Å². The summed E-state index contributed by atoms with van der Waals surface area (Å²) < 4.78 is 5.47. The number of hydrogen-bond acceptors (Lipinski definition) is 5. The van der Waals surface area contributed by atoms with Gasteiger partial charge in [0.15, 0.2) is 0 Å². The molecule has 1 aromatic rings. The van der Waals surface area contributed by atoms with Crippen LogP contribution in [0.25, 0.3) is 0 Å². The van der Waals surface area contributed by atoms with Crippen LogP contribution in [0.2, 0.25) is 0 Å². The first-order valence-corrected chi connectivity index (χ1v) is 14.5. The van der Waals surface area contributed by atoms with E-state index in [0.29, 0.717) is 5.75 Å². The number of benzene rings is 1. The number of carbonyl (C=O) groups excluding carboxylic acids is 2. The number of rotatable bonds is 9. The van der Waals surface area contributed by atoms with E-state index in [1.807, 2.05) is 38.8 Å². The van der Waals surface area contributed by atoms with Gasteiger partial charge in [0.1, 0.15) is 11.6 Å². The number of piperidine rings is 1. The van der Waals surface area contributed by atoms with Crippen molar-refractivity contribution in [1.29, 1.82) is 0 Å². The molecule has 196 valence electrons. The number of thioether (sulfide) groups is 1. The molecule has 3 rings (SSSR count). The third-order valence-corrected chi connectivity index (χ3v) is 8.33. The van der Waals surface area contributed by atoms with E-state index in [4.69, 9.17) is 4.74 Å². The molecule has 1 unspecified atom stereocenters. The lowest BCUT2D eigenvalue weighted by molar-refractivity contribution is -0.134. The second-order valence-corrected chi connectivity index (χ2v) is 12.3. The number of amides is 2. The summed E-state index contributed by atoms with van der Waals surface area (Å²) in [4.78, 5) is 30.4. The highest BCUT2D eigenvalue weighted by atomic mass is 32.2. The highest BCUT2D eigenvalue weighted by molar-refractivity contribution is 7.99. The molecule has 1 saturated carbocycles. The summed E-state index contributed by atoms with van der Waals surface area (Å²) in [7, 11) is 1.90. The molecule has 1 heterocycles. The second-order valence-electron chi connectivity index (χ2n) is 11.2. The van der Waals surface area contributed by atoms with E-state index in [9.17, 15) is 9.59 Å². The first-order valence-electron chi connectivity index (χ1n) is 13.3. The Morgan fingerprint density at radius 1 is 1.09 bits per heavy atom. The van der Waals surface area contributed by atoms with Crippen LogP contribution in [-0.2, 0) is 16.1 Å². The van der Waals surface area contributed by atoms with Crippen LogP contribution >= 0.6 is 11.8 Å². The maximum Gasteiger partial charge on any atom is 0.408 e. The monoisotopic (exact) mass is 503 g/mol. The molecule has 0 radical (unpaired) electrons. The van der Waals surface area contributed by atoms with Crippen molar-refractivity contribution in [1.82, 2.24) is 15.1 Å². The molecule has 1 atom stereocenters. The lowest BCUT2D eigenvalue weighted by Crippen LogP contribution is -2.54. The number of likely N-dealkylation sites (tertiary alicyclic amines) is 1. The summed E-state index contributed by atoms with van der Waals surface area (Å²) in [5, 5.41) is 2.89. The van der Waals surface area contributed by atoms with E-state index >= 15 is 0 Å². The molecule has 1 aliphatic carbocycles. The fourth-order valence-electron chi connectivity index (χ4n) is 5.06. The minimum Gasteiger partial charge on any atom is -0.444 e. The molecule has 1 aromatic carbocycles. The van der Waals surface area contributed by atoms with Crippen LogP contribution in [0, 0.1) is 5.92 Å². The Morgan fingerprint density at radius 2 is 1.74 bits per heavy atom. The fraction of sp³-hybridized carbons (Fsp3) is 0.714. The van der Waals surface area contributed by atoms with Gasteiger partial charge in [-0.25, -0.2) is 4.79 Å². The van der Waals surface area contributed by atoms with Crippen LogP contribution in [0.3, 0.4) is 0 Å². The van der Waals surface area contributed by atoms with Gasteiger partial charge in [-0.3, -0.25) is 9.69 Å². The first-order chi connectivity index (χ1) is 16.7. The number of alkyl carbamates (subject to hydrolysis) is 1. The van der Waals surface area contributed by atoms with Gasteiger partial charge in [0.2, 0.25) is 5.91 Å². The van der Waals surface area contributed by atoms with E-state index < -0.39 is 17.7 Å². The van der Waals surface area contributed by atoms with Crippen LogP contribution < -0.4 is 5.32 Å². The average molecular weight is 504 g/mol. The van der Waals surface area contributed by atoms with Gasteiger partial charge >= 0.3 is 6.09 Å². The summed E-state index contributed by atoms with van der Waals surface area (Å²) >= 11 is 1.80. The molecule has 1 saturated heterocycles. The van der Waals surface area contributed by atoms with E-state index in [-0.39, 0.29) is 11.9 Å². The highest BCUT2D eigenvalue weighted by Gasteiger charge is 2.32. The smallest absolute Gasteiger partial charge is 0.408 e. The molecular weight excluding hydrogens is 458 g/mol. The quantitative estimate of drug-likeness (QED) is 0.494. The van der Waals surface area contributed by atoms with Crippen molar-refractivity contribution in [2.45, 2.75) is 89.9 Å². The Morgan fingerprint density at radius 3 is 2.37 bits per heavy atom. The lowest BCUT2D eigenvalue weighted by atomic mass is 9.91. The lowest BCUT2D eigenvalue weighted by Gasteiger charge is -2.38. The number of nitrogens with one attached hydrogen (secondary N) is 1. The maximum absolute atomic E-state index is 13.5.